The molecule has 0 fully saturated rings. The van der Waals surface area contributed by atoms with E-state index in [9.17, 15) is 8.42 Å². The summed E-state index contributed by atoms with van der Waals surface area (Å²) >= 11 is 0. The summed E-state index contributed by atoms with van der Waals surface area (Å²) in [6.07, 6.45) is 20.1. The third-order valence-electron chi connectivity index (χ3n) is 5.66. The lowest BCUT2D eigenvalue weighted by molar-refractivity contribution is 0.533. The van der Waals surface area contributed by atoms with Crippen molar-refractivity contribution in [2.75, 3.05) is 6.54 Å². The van der Waals surface area contributed by atoms with E-state index < -0.39 is 10.0 Å². The number of hydrogen-bond acceptors (Lipinski definition) is 2. The normalized spacial score (nSPS) is 12.0. The van der Waals surface area contributed by atoms with Crippen LogP contribution in [0, 0.1) is 0 Å². The molecule has 164 valence electrons. The first-order chi connectivity index (χ1) is 14.1. The number of nitrogens with one attached hydrogen (secondary N) is 2. The van der Waals surface area contributed by atoms with Crippen molar-refractivity contribution >= 4 is 20.9 Å². The SMILES string of the molecule is CCCCCCCCCCCCCCCCNS(=O)(=O)c1ccc2[nH]ccc2c1. The van der Waals surface area contributed by atoms with Crippen LogP contribution in [0.2, 0.25) is 0 Å². The van der Waals surface area contributed by atoms with Gasteiger partial charge in [0.15, 0.2) is 0 Å². The molecule has 0 spiro atoms. The number of hydrogen-bond donors (Lipinski definition) is 2. The molecule has 0 aliphatic rings. The Morgan fingerprint density at radius 1 is 0.759 bits per heavy atom. The van der Waals surface area contributed by atoms with Crippen LogP contribution >= 0.6 is 0 Å². The van der Waals surface area contributed by atoms with Crippen LogP contribution in [0.5, 0.6) is 0 Å². The van der Waals surface area contributed by atoms with Gasteiger partial charge >= 0.3 is 0 Å². The Labute approximate surface area is 177 Å². The van der Waals surface area contributed by atoms with E-state index >= 15 is 0 Å². The third-order valence-corrected chi connectivity index (χ3v) is 7.12. The largest absolute Gasteiger partial charge is 0.361 e. The number of benzene rings is 1. The number of aromatic nitrogens is 1. The summed E-state index contributed by atoms with van der Waals surface area (Å²) in [6, 6.07) is 7.09. The number of aromatic amines is 1. The van der Waals surface area contributed by atoms with Crippen LogP contribution in [0.4, 0.5) is 0 Å². The van der Waals surface area contributed by atoms with Gasteiger partial charge in [-0.1, -0.05) is 90.4 Å². The zero-order chi connectivity index (χ0) is 20.8. The Morgan fingerprint density at radius 3 is 1.90 bits per heavy atom. The molecule has 5 heteroatoms. The Balaban J connectivity index is 1.44. The number of rotatable bonds is 17. The molecule has 0 saturated carbocycles. The summed E-state index contributed by atoms with van der Waals surface area (Å²) in [5, 5.41) is 0.921. The zero-order valence-corrected chi connectivity index (χ0v) is 19.0. The monoisotopic (exact) mass is 420 g/mol. The maximum atomic E-state index is 12.4. The molecule has 2 rings (SSSR count). The quantitative estimate of drug-likeness (QED) is 0.273. The highest BCUT2D eigenvalue weighted by molar-refractivity contribution is 7.89. The summed E-state index contributed by atoms with van der Waals surface area (Å²) in [5.41, 5.74) is 0.955. The molecule has 2 N–H and O–H groups in total. The summed E-state index contributed by atoms with van der Waals surface area (Å²) in [4.78, 5) is 3.43. The molecule has 0 aliphatic carbocycles. The van der Waals surface area contributed by atoms with E-state index in [2.05, 4.69) is 16.6 Å². The van der Waals surface area contributed by atoms with Crippen LogP contribution < -0.4 is 4.72 Å². The molecule has 29 heavy (non-hydrogen) atoms. The van der Waals surface area contributed by atoms with Crippen LogP contribution in [0.25, 0.3) is 10.9 Å². The van der Waals surface area contributed by atoms with E-state index in [1.54, 1.807) is 12.1 Å². The van der Waals surface area contributed by atoms with E-state index in [-0.39, 0.29) is 0 Å². The first kappa shape index (κ1) is 23.9. The third kappa shape index (κ3) is 9.35. The predicted molar refractivity (Wildman–Crippen MR) is 124 cm³/mol. The summed E-state index contributed by atoms with van der Waals surface area (Å²) < 4.78 is 27.6. The van der Waals surface area contributed by atoms with Gasteiger partial charge in [-0.25, -0.2) is 13.1 Å². The molecule has 0 amide bonds. The second kappa shape index (κ2) is 13.8. The predicted octanol–water partition coefficient (Wildman–Crippen LogP) is 6.93. The molecule has 4 nitrogen and oxygen atoms in total. The summed E-state index contributed by atoms with van der Waals surface area (Å²) in [5.74, 6) is 0. The maximum Gasteiger partial charge on any atom is 0.240 e. The van der Waals surface area contributed by atoms with E-state index in [4.69, 9.17) is 0 Å². The lowest BCUT2D eigenvalue weighted by Crippen LogP contribution is -2.24. The average Bonchev–Trinajstić information content (AvgIpc) is 3.19. The lowest BCUT2D eigenvalue weighted by atomic mass is 10.0. The van der Waals surface area contributed by atoms with E-state index in [0.717, 1.165) is 23.7 Å². The van der Waals surface area contributed by atoms with E-state index in [1.807, 2.05) is 18.3 Å². The van der Waals surface area contributed by atoms with Crippen LogP contribution in [0.15, 0.2) is 35.4 Å². The molecule has 0 saturated heterocycles. The molecule has 1 aromatic heterocycles. The fourth-order valence-electron chi connectivity index (χ4n) is 3.81. The lowest BCUT2D eigenvalue weighted by Gasteiger charge is -2.07. The van der Waals surface area contributed by atoms with Gasteiger partial charge in [-0.2, -0.15) is 0 Å². The Kier molecular flexibility index (Phi) is 11.4. The van der Waals surface area contributed by atoms with E-state index in [0.29, 0.717) is 11.4 Å². The maximum absolute atomic E-state index is 12.4. The fourth-order valence-corrected chi connectivity index (χ4v) is 4.92. The van der Waals surface area contributed by atoms with Crippen molar-refractivity contribution in [3.63, 3.8) is 0 Å². The molecule has 0 atom stereocenters. The molecule has 0 bridgehead atoms. The molecule has 2 aromatic rings. The highest BCUT2D eigenvalue weighted by Crippen LogP contribution is 2.18. The molecule has 1 heterocycles. The van der Waals surface area contributed by atoms with Crippen molar-refractivity contribution < 1.29 is 8.42 Å². The van der Waals surface area contributed by atoms with Crippen LogP contribution in [0.3, 0.4) is 0 Å². The molecule has 0 unspecified atom stereocenters. The zero-order valence-electron chi connectivity index (χ0n) is 18.2. The van der Waals surface area contributed by atoms with Crippen molar-refractivity contribution in [3.8, 4) is 0 Å². The minimum atomic E-state index is -3.41. The van der Waals surface area contributed by atoms with Crippen LogP contribution in [-0.2, 0) is 10.0 Å². The second-order valence-electron chi connectivity index (χ2n) is 8.22. The summed E-state index contributed by atoms with van der Waals surface area (Å²) in [7, 11) is -3.41. The van der Waals surface area contributed by atoms with Crippen LogP contribution in [0.1, 0.15) is 96.8 Å². The van der Waals surface area contributed by atoms with Gasteiger partial charge in [-0.05, 0) is 30.7 Å². The number of fused-ring (bicyclic) bond motifs is 1. The standard InChI is InChI=1S/C24H40N2O2S/c1-2-3-4-5-6-7-8-9-10-11-12-13-14-15-19-26-29(27,28)23-16-17-24-22(21-23)18-20-25-24/h16-18,20-21,25-26H,2-15,19H2,1H3. The number of unbranched alkanes of at least 4 members (excludes halogenated alkanes) is 13. The average molecular weight is 421 g/mol. The van der Waals surface area contributed by atoms with Gasteiger partial charge in [-0.15, -0.1) is 0 Å². The second-order valence-corrected chi connectivity index (χ2v) is 9.99. The van der Waals surface area contributed by atoms with Gasteiger partial charge in [0.2, 0.25) is 10.0 Å². The number of H-pyrrole nitrogens is 1. The van der Waals surface area contributed by atoms with Gasteiger partial charge < -0.3 is 4.98 Å². The van der Waals surface area contributed by atoms with Gasteiger partial charge in [0.1, 0.15) is 0 Å². The molecule has 0 aliphatic heterocycles. The minimum absolute atomic E-state index is 0.343. The van der Waals surface area contributed by atoms with Crippen LogP contribution in [-0.4, -0.2) is 19.9 Å². The van der Waals surface area contributed by atoms with Gasteiger partial charge in [0.25, 0.3) is 0 Å². The highest BCUT2D eigenvalue weighted by atomic mass is 32.2. The van der Waals surface area contributed by atoms with E-state index in [1.165, 1.54) is 77.0 Å². The van der Waals surface area contributed by atoms with Crippen molar-refractivity contribution in [2.45, 2.75) is 102 Å². The molecular formula is C24H40N2O2S. The minimum Gasteiger partial charge on any atom is -0.361 e. The Bertz CT molecular complexity index is 783. The van der Waals surface area contributed by atoms with Gasteiger partial charge in [0.05, 0.1) is 4.90 Å². The van der Waals surface area contributed by atoms with Gasteiger partial charge in [-0.3, -0.25) is 0 Å². The van der Waals surface area contributed by atoms with Gasteiger partial charge in [0, 0.05) is 23.6 Å². The van der Waals surface area contributed by atoms with Crippen molar-refractivity contribution in [3.05, 3.63) is 30.5 Å². The Morgan fingerprint density at radius 2 is 1.31 bits per heavy atom. The molecular weight excluding hydrogens is 380 g/mol. The van der Waals surface area contributed by atoms with Crippen molar-refractivity contribution in [1.82, 2.24) is 9.71 Å². The Hall–Kier alpha value is -1.33. The topological polar surface area (TPSA) is 62.0 Å². The number of sulfonamides is 1. The molecule has 1 aromatic carbocycles. The van der Waals surface area contributed by atoms with Crippen molar-refractivity contribution in [2.24, 2.45) is 0 Å². The first-order valence-electron chi connectivity index (χ1n) is 11.7. The molecule has 0 radical (unpaired) electrons. The smallest absolute Gasteiger partial charge is 0.240 e. The van der Waals surface area contributed by atoms with Crippen molar-refractivity contribution in [1.29, 1.82) is 0 Å². The highest BCUT2D eigenvalue weighted by Gasteiger charge is 2.13. The summed E-state index contributed by atoms with van der Waals surface area (Å²) in [6.45, 7) is 2.79. The first-order valence-corrected chi connectivity index (χ1v) is 13.2. The fraction of sp³-hybridized carbons (Fsp3) is 0.667.